The molecule has 5 nitrogen and oxygen atoms in total. The molecule has 0 bridgehead atoms. The number of piperidine rings is 1. The predicted molar refractivity (Wildman–Crippen MR) is 103 cm³/mol. The van der Waals surface area contributed by atoms with Crippen LogP contribution in [0, 0.1) is 5.92 Å². The smallest absolute Gasteiger partial charge is 0.193 e. The largest absolute Gasteiger partial charge is 0.354 e. The summed E-state index contributed by atoms with van der Waals surface area (Å²) in [5.74, 6) is 2.35. The van der Waals surface area contributed by atoms with Gasteiger partial charge in [0.25, 0.3) is 0 Å². The topological polar surface area (TPSA) is 45.5 Å². The van der Waals surface area contributed by atoms with Crippen LogP contribution in [0.4, 0.5) is 0 Å². The highest BCUT2D eigenvalue weighted by Gasteiger charge is 2.30. The molecular formula is C20H29N5. The lowest BCUT2D eigenvalue weighted by atomic mass is 9.79. The number of aromatic nitrogens is 2. The van der Waals surface area contributed by atoms with Gasteiger partial charge in [0.1, 0.15) is 0 Å². The molecule has 1 saturated heterocycles. The van der Waals surface area contributed by atoms with Crippen LogP contribution in [0.1, 0.15) is 31.2 Å². The Bertz CT molecular complexity index is 650. The molecule has 1 aliphatic heterocycles. The van der Waals surface area contributed by atoms with Gasteiger partial charge in [0.15, 0.2) is 5.96 Å². The van der Waals surface area contributed by atoms with Crippen molar-refractivity contribution in [3.8, 4) is 0 Å². The molecule has 0 radical (unpaired) electrons. The Morgan fingerprint density at radius 1 is 1.32 bits per heavy atom. The Labute approximate surface area is 150 Å². The Hall–Kier alpha value is -2.30. The molecule has 134 valence electrons. The van der Waals surface area contributed by atoms with E-state index < -0.39 is 0 Å². The van der Waals surface area contributed by atoms with E-state index >= 15 is 0 Å². The van der Waals surface area contributed by atoms with Crippen LogP contribution < -0.4 is 5.32 Å². The first-order valence-electron chi connectivity index (χ1n) is 9.28. The summed E-state index contributed by atoms with van der Waals surface area (Å²) in [7, 11) is 1.88. The second kappa shape index (κ2) is 8.70. The zero-order chi connectivity index (χ0) is 17.5. The van der Waals surface area contributed by atoms with E-state index in [0.717, 1.165) is 32.1 Å². The highest BCUT2D eigenvalue weighted by molar-refractivity contribution is 5.80. The van der Waals surface area contributed by atoms with Gasteiger partial charge >= 0.3 is 0 Å². The fourth-order valence-corrected chi connectivity index (χ4v) is 3.83. The normalized spacial score (nSPS) is 21.4. The van der Waals surface area contributed by atoms with Gasteiger partial charge < -0.3 is 14.8 Å². The van der Waals surface area contributed by atoms with E-state index in [-0.39, 0.29) is 0 Å². The highest BCUT2D eigenvalue weighted by Crippen LogP contribution is 2.34. The molecular weight excluding hydrogens is 310 g/mol. The maximum atomic E-state index is 4.50. The molecule has 1 aromatic heterocycles. The summed E-state index contributed by atoms with van der Waals surface area (Å²) in [5, 5.41) is 3.50. The van der Waals surface area contributed by atoms with E-state index in [1.807, 2.05) is 25.8 Å². The monoisotopic (exact) mass is 339 g/mol. The fourth-order valence-electron chi connectivity index (χ4n) is 3.83. The van der Waals surface area contributed by atoms with Crippen molar-refractivity contribution in [3.05, 3.63) is 54.6 Å². The lowest BCUT2D eigenvalue weighted by Gasteiger charge is -2.40. The molecule has 0 amide bonds. The molecule has 2 aromatic rings. The molecule has 1 aromatic carbocycles. The van der Waals surface area contributed by atoms with E-state index in [9.17, 15) is 0 Å². The molecule has 1 fully saturated rings. The second-order valence-electron chi connectivity index (χ2n) is 6.69. The second-order valence-corrected chi connectivity index (χ2v) is 6.69. The molecule has 1 aliphatic rings. The van der Waals surface area contributed by atoms with Crippen molar-refractivity contribution in [2.75, 3.05) is 26.7 Å². The van der Waals surface area contributed by atoms with Gasteiger partial charge in [-0.3, -0.25) is 4.99 Å². The quantitative estimate of drug-likeness (QED) is 0.673. The number of nitrogens with one attached hydrogen (secondary N) is 1. The first kappa shape index (κ1) is 17.5. The van der Waals surface area contributed by atoms with Crippen molar-refractivity contribution in [1.82, 2.24) is 19.8 Å². The summed E-state index contributed by atoms with van der Waals surface area (Å²) in [6.07, 6.45) is 8.04. The van der Waals surface area contributed by atoms with Crippen LogP contribution in [-0.4, -0.2) is 47.1 Å². The minimum atomic E-state index is 0.659. The van der Waals surface area contributed by atoms with Gasteiger partial charge in [-0.15, -0.1) is 0 Å². The van der Waals surface area contributed by atoms with Gasteiger partial charge in [-0.2, -0.15) is 0 Å². The van der Waals surface area contributed by atoms with Gasteiger partial charge in [0, 0.05) is 45.6 Å². The first-order valence-corrected chi connectivity index (χ1v) is 9.28. The maximum Gasteiger partial charge on any atom is 0.193 e. The van der Waals surface area contributed by atoms with E-state index in [1.54, 1.807) is 0 Å². The summed E-state index contributed by atoms with van der Waals surface area (Å²) in [6.45, 7) is 6.19. The van der Waals surface area contributed by atoms with Crippen molar-refractivity contribution in [2.45, 2.75) is 32.2 Å². The van der Waals surface area contributed by atoms with Crippen LogP contribution in [-0.2, 0) is 6.54 Å². The lowest BCUT2D eigenvalue weighted by Crippen LogP contribution is -2.49. The van der Waals surface area contributed by atoms with Crippen molar-refractivity contribution in [1.29, 1.82) is 0 Å². The number of likely N-dealkylation sites (tertiary alicyclic amines) is 1. The summed E-state index contributed by atoms with van der Waals surface area (Å²) in [4.78, 5) is 11.0. The highest BCUT2D eigenvalue weighted by atomic mass is 15.3. The number of aliphatic imine (C=N–C) groups is 1. The maximum absolute atomic E-state index is 4.50. The average molecular weight is 339 g/mol. The van der Waals surface area contributed by atoms with E-state index in [2.05, 4.69) is 62.0 Å². The number of imidazole rings is 1. The molecule has 2 heterocycles. The Kier molecular flexibility index (Phi) is 6.09. The number of nitrogens with zero attached hydrogens (tertiary/aromatic N) is 4. The number of rotatable bonds is 5. The minimum absolute atomic E-state index is 0.659. The fraction of sp³-hybridized carbons (Fsp3) is 0.500. The molecule has 1 N–H and O–H groups in total. The van der Waals surface area contributed by atoms with E-state index in [1.165, 1.54) is 18.4 Å². The number of guanidine groups is 1. The Morgan fingerprint density at radius 3 is 2.84 bits per heavy atom. The summed E-state index contributed by atoms with van der Waals surface area (Å²) < 4.78 is 2.08. The zero-order valence-electron chi connectivity index (χ0n) is 15.3. The molecule has 5 heteroatoms. The van der Waals surface area contributed by atoms with Gasteiger partial charge in [0.2, 0.25) is 0 Å². The molecule has 0 saturated carbocycles. The Morgan fingerprint density at radius 2 is 2.16 bits per heavy atom. The predicted octanol–water partition coefficient (Wildman–Crippen LogP) is 2.97. The summed E-state index contributed by atoms with van der Waals surface area (Å²) in [5.41, 5.74) is 1.48. The molecule has 3 rings (SSSR count). The third kappa shape index (κ3) is 4.41. The first-order chi connectivity index (χ1) is 12.3. The minimum Gasteiger partial charge on any atom is -0.354 e. The summed E-state index contributed by atoms with van der Waals surface area (Å²) >= 11 is 0. The number of hydrogen-bond acceptors (Lipinski definition) is 2. The third-order valence-corrected chi connectivity index (χ3v) is 5.21. The number of benzene rings is 1. The SMILES string of the molecule is CCC1CN(C(=NC)NCCn2ccnc2)CCC1c1ccccc1. The molecule has 0 spiro atoms. The van der Waals surface area contributed by atoms with Crippen LogP contribution in [0.2, 0.25) is 0 Å². The number of hydrogen-bond donors (Lipinski definition) is 1. The van der Waals surface area contributed by atoms with Crippen LogP contribution in [0.5, 0.6) is 0 Å². The Balaban J connectivity index is 1.57. The standard InChI is InChI=1S/C20H29N5/c1-3-17-15-25(12-9-19(17)18-7-5-4-6-8-18)20(21-2)23-11-14-24-13-10-22-16-24/h4-8,10,13,16-17,19H,3,9,11-12,14-15H2,1-2H3,(H,21,23). The van der Waals surface area contributed by atoms with Crippen LogP contribution >= 0.6 is 0 Å². The van der Waals surface area contributed by atoms with Gasteiger partial charge in [0.05, 0.1) is 6.33 Å². The zero-order valence-corrected chi connectivity index (χ0v) is 15.3. The van der Waals surface area contributed by atoms with Crippen LogP contribution in [0.25, 0.3) is 0 Å². The van der Waals surface area contributed by atoms with Crippen LogP contribution in [0.3, 0.4) is 0 Å². The van der Waals surface area contributed by atoms with Gasteiger partial charge in [-0.05, 0) is 23.8 Å². The van der Waals surface area contributed by atoms with E-state index in [4.69, 9.17) is 0 Å². The molecule has 0 aliphatic carbocycles. The van der Waals surface area contributed by atoms with Crippen molar-refractivity contribution in [3.63, 3.8) is 0 Å². The van der Waals surface area contributed by atoms with Gasteiger partial charge in [-0.1, -0.05) is 43.7 Å². The van der Waals surface area contributed by atoms with E-state index in [0.29, 0.717) is 11.8 Å². The lowest BCUT2D eigenvalue weighted by molar-refractivity contribution is 0.215. The van der Waals surface area contributed by atoms with Crippen molar-refractivity contribution < 1.29 is 0 Å². The van der Waals surface area contributed by atoms with Crippen LogP contribution in [0.15, 0.2) is 54.0 Å². The molecule has 2 atom stereocenters. The molecule has 2 unspecified atom stereocenters. The summed E-state index contributed by atoms with van der Waals surface area (Å²) in [6, 6.07) is 11.0. The molecule has 25 heavy (non-hydrogen) atoms. The van der Waals surface area contributed by atoms with Crippen molar-refractivity contribution in [2.24, 2.45) is 10.9 Å². The third-order valence-electron chi connectivity index (χ3n) is 5.21. The van der Waals surface area contributed by atoms with Crippen molar-refractivity contribution >= 4 is 5.96 Å². The van der Waals surface area contributed by atoms with Gasteiger partial charge in [-0.25, -0.2) is 4.98 Å². The average Bonchev–Trinajstić information content (AvgIpc) is 3.19.